The fourth-order valence-electron chi connectivity index (χ4n) is 3.92. The Morgan fingerprint density at radius 1 is 1.28 bits per heavy atom. The molecular formula is C20H28N2O2S. The summed E-state index contributed by atoms with van der Waals surface area (Å²) in [6.07, 6.45) is 5.45. The summed E-state index contributed by atoms with van der Waals surface area (Å²) in [6, 6.07) is 1.99. The molecule has 0 spiro atoms. The van der Waals surface area contributed by atoms with Crippen molar-refractivity contribution in [2.75, 3.05) is 0 Å². The molecule has 1 aromatic rings. The Morgan fingerprint density at radius 2 is 2.00 bits per heavy atom. The fraction of sp³-hybridized carbons (Fsp3) is 0.600. The van der Waals surface area contributed by atoms with E-state index in [2.05, 4.69) is 37.7 Å². The van der Waals surface area contributed by atoms with Gasteiger partial charge in [0.15, 0.2) is 0 Å². The molecule has 1 fully saturated rings. The Morgan fingerprint density at radius 3 is 2.68 bits per heavy atom. The van der Waals surface area contributed by atoms with E-state index in [1.807, 2.05) is 19.9 Å². The van der Waals surface area contributed by atoms with Gasteiger partial charge in [-0.05, 0) is 62.0 Å². The highest BCUT2D eigenvalue weighted by molar-refractivity contribution is 7.14. The summed E-state index contributed by atoms with van der Waals surface area (Å²) < 4.78 is 0. The number of thiophene rings is 1. The van der Waals surface area contributed by atoms with E-state index in [4.69, 9.17) is 0 Å². The van der Waals surface area contributed by atoms with Crippen LogP contribution in [0.5, 0.6) is 0 Å². The van der Waals surface area contributed by atoms with Gasteiger partial charge in [0.2, 0.25) is 5.91 Å². The van der Waals surface area contributed by atoms with E-state index in [0.29, 0.717) is 10.8 Å². The van der Waals surface area contributed by atoms with Gasteiger partial charge in [0.05, 0.1) is 10.8 Å². The summed E-state index contributed by atoms with van der Waals surface area (Å²) in [5, 5.41) is 0. The molecule has 3 unspecified atom stereocenters. The summed E-state index contributed by atoms with van der Waals surface area (Å²) >= 11 is 1.56. The third kappa shape index (κ3) is 3.66. The Labute approximate surface area is 154 Å². The highest BCUT2D eigenvalue weighted by Gasteiger charge is 2.60. The Kier molecular flexibility index (Phi) is 4.80. The predicted molar refractivity (Wildman–Crippen MR) is 101 cm³/mol. The lowest BCUT2D eigenvalue weighted by molar-refractivity contribution is -0.123. The number of fused-ring (bicyclic) bond motifs is 1. The van der Waals surface area contributed by atoms with Crippen LogP contribution in [0.15, 0.2) is 17.7 Å². The van der Waals surface area contributed by atoms with Gasteiger partial charge >= 0.3 is 0 Å². The van der Waals surface area contributed by atoms with Crippen LogP contribution < -0.4 is 10.9 Å². The summed E-state index contributed by atoms with van der Waals surface area (Å²) in [4.78, 5) is 26.8. The maximum Gasteiger partial charge on any atom is 0.279 e. The van der Waals surface area contributed by atoms with Gasteiger partial charge < -0.3 is 0 Å². The number of hydrazine groups is 1. The van der Waals surface area contributed by atoms with Crippen molar-refractivity contribution in [3.63, 3.8) is 0 Å². The van der Waals surface area contributed by atoms with Gasteiger partial charge in [-0.2, -0.15) is 0 Å². The van der Waals surface area contributed by atoms with Crippen molar-refractivity contribution in [3.05, 3.63) is 33.0 Å². The molecule has 0 bridgehead atoms. The van der Waals surface area contributed by atoms with Gasteiger partial charge in [0, 0.05) is 4.88 Å². The van der Waals surface area contributed by atoms with Crippen molar-refractivity contribution < 1.29 is 9.59 Å². The molecule has 2 aliphatic carbocycles. The van der Waals surface area contributed by atoms with Crippen LogP contribution in [-0.2, 0) is 17.6 Å². The molecule has 5 heteroatoms. The van der Waals surface area contributed by atoms with Crippen molar-refractivity contribution in [2.24, 2.45) is 23.2 Å². The van der Waals surface area contributed by atoms with Crippen LogP contribution in [0.4, 0.5) is 0 Å². The van der Waals surface area contributed by atoms with Gasteiger partial charge in [-0.25, -0.2) is 0 Å². The molecule has 0 saturated heterocycles. The van der Waals surface area contributed by atoms with Crippen LogP contribution in [0.3, 0.4) is 0 Å². The number of aryl methyl sites for hydroxylation is 1. The summed E-state index contributed by atoms with van der Waals surface area (Å²) in [7, 11) is 0. The van der Waals surface area contributed by atoms with E-state index in [-0.39, 0.29) is 29.1 Å². The van der Waals surface area contributed by atoms with E-state index < -0.39 is 0 Å². The van der Waals surface area contributed by atoms with Crippen LogP contribution in [-0.4, -0.2) is 11.8 Å². The third-order valence-corrected chi connectivity index (χ3v) is 6.79. The molecule has 2 aliphatic rings. The lowest BCUT2D eigenvalue weighted by Crippen LogP contribution is -2.42. The second-order valence-electron chi connectivity index (χ2n) is 8.42. The number of nitrogens with one attached hydrogen (secondary N) is 2. The van der Waals surface area contributed by atoms with E-state index in [0.717, 1.165) is 12.8 Å². The topological polar surface area (TPSA) is 58.2 Å². The van der Waals surface area contributed by atoms with Crippen LogP contribution in [0.2, 0.25) is 0 Å². The van der Waals surface area contributed by atoms with Crippen molar-refractivity contribution in [2.45, 2.75) is 53.9 Å². The van der Waals surface area contributed by atoms with Gasteiger partial charge in [0.25, 0.3) is 5.91 Å². The number of carbonyl (C=O) groups excluding carboxylic acids is 2. The number of rotatable bonds is 3. The molecule has 1 saturated carbocycles. The SMILES string of the molecule is CC(C)=CC1C(C(=O)NNC(=O)c2cc3c(s2)CCC(C)C3)C1(C)C. The van der Waals surface area contributed by atoms with Gasteiger partial charge in [0.1, 0.15) is 0 Å². The lowest BCUT2D eigenvalue weighted by atomic mass is 9.90. The van der Waals surface area contributed by atoms with E-state index >= 15 is 0 Å². The molecule has 2 amide bonds. The second kappa shape index (κ2) is 6.60. The van der Waals surface area contributed by atoms with Crippen molar-refractivity contribution >= 4 is 23.2 Å². The zero-order valence-electron chi connectivity index (χ0n) is 15.7. The van der Waals surface area contributed by atoms with E-state index in [1.54, 1.807) is 11.3 Å². The largest absolute Gasteiger partial charge is 0.279 e. The Bertz CT molecular complexity index is 728. The Hall–Kier alpha value is -1.62. The van der Waals surface area contributed by atoms with Gasteiger partial charge in [-0.1, -0.05) is 32.4 Å². The minimum absolute atomic E-state index is 0.0513. The number of carbonyl (C=O) groups is 2. The standard InChI is InChI=1S/C20H28N2O2S/c1-11(2)8-14-17(20(14,4)5)19(24)22-21-18(23)16-10-13-9-12(3)6-7-15(13)25-16/h8,10,12,14,17H,6-7,9H2,1-5H3,(H,21,23)(H,22,24). The third-order valence-electron chi connectivity index (χ3n) is 5.56. The molecule has 3 atom stereocenters. The molecule has 1 heterocycles. The zero-order chi connectivity index (χ0) is 18.4. The van der Waals surface area contributed by atoms with Gasteiger partial charge in [-0.3, -0.25) is 20.4 Å². The summed E-state index contributed by atoms with van der Waals surface area (Å²) in [6.45, 7) is 10.5. The minimum atomic E-state index is -0.211. The van der Waals surface area contributed by atoms with Crippen LogP contribution in [0, 0.1) is 23.2 Å². The second-order valence-corrected chi connectivity index (χ2v) is 9.56. The molecular weight excluding hydrogens is 332 g/mol. The maximum atomic E-state index is 12.4. The highest BCUT2D eigenvalue weighted by atomic mass is 32.1. The smallest absolute Gasteiger partial charge is 0.273 e. The minimum Gasteiger partial charge on any atom is -0.273 e. The molecule has 2 N–H and O–H groups in total. The molecule has 4 nitrogen and oxygen atoms in total. The van der Waals surface area contributed by atoms with Crippen molar-refractivity contribution in [1.29, 1.82) is 0 Å². The average Bonchev–Trinajstić information content (AvgIpc) is 2.89. The maximum absolute atomic E-state index is 12.4. The number of amides is 2. The predicted octanol–water partition coefficient (Wildman–Crippen LogP) is 3.87. The van der Waals surface area contributed by atoms with Crippen molar-refractivity contribution in [3.8, 4) is 0 Å². The van der Waals surface area contributed by atoms with E-state index in [9.17, 15) is 9.59 Å². The summed E-state index contributed by atoms with van der Waals surface area (Å²) in [5.74, 6) is 0.528. The van der Waals surface area contributed by atoms with Crippen LogP contribution in [0.25, 0.3) is 0 Å². The lowest BCUT2D eigenvalue weighted by Gasteiger charge is -2.16. The first kappa shape index (κ1) is 18.2. The molecule has 136 valence electrons. The zero-order valence-corrected chi connectivity index (χ0v) is 16.5. The fourth-order valence-corrected chi connectivity index (χ4v) is 5.03. The van der Waals surface area contributed by atoms with Gasteiger partial charge in [-0.15, -0.1) is 11.3 Å². The Balaban J connectivity index is 1.58. The molecule has 0 aliphatic heterocycles. The normalized spacial score (nSPS) is 26.4. The number of hydrogen-bond donors (Lipinski definition) is 2. The number of allylic oxidation sites excluding steroid dienone is 2. The first-order valence-electron chi connectivity index (χ1n) is 9.07. The first-order chi connectivity index (χ1) is 11.7. The highest BCUT2D eigenvalue weighted by Crippen LogP contribution is 2.59. The van der Waals surface area contributed by atoms with E-state index in [1.165, 1.54) is 22.4 Å². The average molecular weight is 361 g/mol. The molecule has 0 aromatic carbocycles. The van der Waals surface area contributed by atoms with Crippen molar-refractivity contribution in [1.82, 2.24) is 10.9 Å². The molecule has 1 aromatic heterocycles. The van der Waals surface area contributed by atoms with Crippen LogP contribution in [0.1, 0.15) is 61.2 Å². The monoisotopic (exact) mass is 360 g/mol. The molecule has 0 radical (unpaired) electrons. The number of hydrogen-bond acceptors (Lipinski definition) is 3. The first-order valence-corrected chi connectivity index (χ1v) is 9.88. The molecule has 3 rings (SSSR count). The summed E-state index contributed by atoms with van der Waals surface area (Å²) in [5.41, 5.74) is 7.70. The quantitative estimate of drug-likeness (QED) is 0.635. The van der Waals surface area contributed by atoms with Crippen LogP contribution >= 0.6 is 11.3 Å². The molecule has 25 heavy (non-hydrogen) atoms.